The van der Waals surface area contributed by atoms with E-state index < -0.39 is 0 Å². The minimum absolute atomic E-state index is 0.00341. The maximum atomic E-state index is 10.2. The third kappa shape index (κ3) is 4.09. The lowest BCUT2D eigenvalue weighted by Crippen LogP contribution is -2.57. The first kappa shape index (κ1) is 17.5. The zero-order valence-corrected chi connectivity index (χ0v) is 14.7. The summed E-state index contributed by atoms with van der Waals surface area (Å²) in [5.74, 6) is 0. The Balaban J connectivity index is 2.22. The molecule has 1 fully saturated rings. The van der Waals surface area contributed by atoms with Gasteiger partial charge in [-0.25, -0.2) is 0 Å². The van der Waals surface area contributed by atoms with Gasteiger partial charge in [0.15, 0.2) is 0 Å². The Hall–Kier alpha value is -0.900. The van der Waals surface area contributed by atoms with Crippen molar-refractivity contribution in [2.75, 3.05) is 0 Å². The molecule has 2 atom stereocenters. The van der Waals surface area contributed by atoms with Crippen molar-refractivity contribution < 1.29 is 9.94 Å². The molecule has 2 rings (SSSR count). The second-order valence-corrected chi connectivity index (χ2v) is 7.83. The molecule has 3 nitrogen and oxygen atoms in total. The summed E-state index contributed by atoms with van der Waals surface area (Å²) >= 11 is 0. The van der Waals surface area contributed by atoms with Crippen LogP contribution in [0.15, 0.2) is 30.3 Å². The average molecular weight is 305 g/mol. The fourth-order valence-electron chi connectivity index (χ4n) is 3.68. The lowest BCUT2D eigenvalue weighted by molar-refractivity contribution is -0.299. The number of benzene rings is 1. The summed E-state index contributed by atoms with van der Waals surface area (Å²) in [6.07, 6.45) is 3.42. The van der Waals surface area contributed by atoms with Gasteiger partial charge in [0.2, 0.25) is 0 Å². The van der Waals surface area contributed by atoms with Gasteiger partial charge in [-0.15, -0.1) is 0 Å². The first-order valence-electron chi connectivity index (χ1n) is 8.42. The Kier molecular flexibility index (Phi) is 5.31. The van der Waals surface area contributed by atoms with E-state index in [0.29, 0.717) is 0 Å². The van der Waals surface area contributed by atoms with Crippen LogP contribution in [-0.4, -0.2) is 27.4 Å². The topological polar surface area (TPSA) is 32.7 Å². The van der Waals surface area contributed by atoms with Gasteiger partial charge in [-0.3, -0.25) is 4.84 Å². The standard InChI is InChI=1S/C19H31NO2/c1-15(16-10-7-6-8-11-16)22-20-18(2,3)13-9-12-17(21)14-19(20,4)5/h6-8,10-11,15,17,21H,9,12-14H2,1-5H3. The molecule has 3 heteroatoms. The van der Waals surface area contributed by atoms with Crippen molar-refractivity contribution in [3.63, 3.8) is 0 Å². The summed E-state index contributed by atoms with van der Waals surface area (Å²) < 4.78 is 0. The van der Waals surface area contributed by atoms with E-state index in [2.05, 4.69) is 51.8 Å². The molecule has 1 aliphatic heterocycles. The van der Waals surface area contributed by atoms with Crippen molar-refractivity contribution in [3.05, 3.63) is 35.9 Å². The van der Waals surface area contributed by atoms with E-state index >= 15 is 0 Å². The molecule has 22 heavy (non-hydrogen) atoms. The van der Waals surface area contributed by atoms with Gasteiger partial charge < -0.3 is 5.11 Å². The maximum Gasteiger partial charge on any atom is 0.102 e. The molecule has 1 aliphatic rings. The van der Waals surface area contributed by atoms with Crippen molar-refractivity contribution in [3.8, 4) is 0 Å². The highest BCUT2D eigenvalue weighted by Gasteiger charge is 2.42. The van der Waals surface area contributed by atoms with Crippen molar-refractivity contribution in [1.29, 1.82) is 0 Å². The van der Waals surface area contributed by atoms with Gasteiger partial charge in [0.25, 0.3) is 0 Å². The number of aliphatic hydroxyl groups excluding tert-OH is 1. The molecule has 1 heterocycles. The van der Waals surface area contributed by atoms with Crippen LogP contribution in [0.25, 0.3) is 0 Å². The van der Waals surface area contributed by atoms with Crippen LogP contribution in [0.3, 0.4) is 0 Å². The largest absolute Gasteiger partial charge is 0.393 e. The number of hydrogen-bond acceptors (Lipinski definition) is 3. The third-order valence-electron chi connectivity index (χ3n) is 4.69. The highest BCUT2D eigenvalue weighted by molar-refractivity contribution is 5.16. The lowest BCUT2D eigenvalue weighted by atomic mass is 9.84. The molecule has 0 amide bonds. The van der Waals surface area contributed by atoms with Crippen LogP contribution in [-0.2, 0) is 4.84 Å². The quantitative estimate of drug-likeness (QED) is 0.894. The molecule has 0 spiro atoms. The Morgan fingerprint density at radius 2 is 1.77 bits per heavy atom. The van der Waals surface area contributed by atoms with Crippen LogP contribution >= 0.6 is 0 Å². The maximum absolute atomic E-state index is 10.2. The van der Waals surface area contributed by atoms with Crippen LogP contribution in [0.5, 0.6) is 0 Å². The molecule has 0 radical (unpaired) electrons. The van der Waals surface area contributed by atoms with E-state index in [1.807, 2.05) is 18.2 Å². The Morgan fingerprint density at radius 3 is 2.41 bits per heavy atom. The predicted octanol–water partition coefficient (Wildman–Crippen LogP) is 4.47. The second kappa shape index (κ2) is 6.69. The molecule has 1 saturated heterocycles. The molecule has 0 aromatic heterocycles. The summed E-state index contributed by atoms with van der Waals surface area (Å²) in [5.41, 5.74) is 0.927. The summed E-state index contributed by atoms with van der Waals surface area (Å²) in [7, 11) is 0. The van der Waals surface area contributed by atoms with E-state index in [4.69, 9.17) is 4.84 Å². The van der Waals surface area contributed by atoms with Gasteiger partial charge in [-0.05, 0) is 65.9 Å². The van der Waals surface area contributed by atoms with Crippen LogP contribution in [0.2, 0.25) is 0 Å². The fourth-order valence-corrected chi connectivity index (χ4v) is 3.68. The summed E-state index contributed by atoms with van der Waals surface area (Å²) in [6, 6.07) is 10.3. The van der Waals surface area contributed by atoms with Crippen LogP contribution < -0.4 is 0 Å². The Bertz CT molecular complexity index is 470. The minimum atomic E-state index is -0.246. The molecule has 0 bridgehead atoms. The Morgan fingerprint density at radius 1 is 1.14 bits per heavy atom. The smallest absolute Gasteiger partial charge is 0.102 e. The number of nitrogens with zero attached hydrogens (tertiary/aromatic N) is 1. The summed E-state index contributed by atoms with van der Waals surface area (Å²) in [5, 5.41) is 12.3. The Labute approximate surface area is 135 Å². The molecule has 2 unspecified atom stereocenters. The zero-order chi connectivity index (χ0) is 16.4. The van der Waals surface area contributed by atoms with Crippen LogP contribution in [0.1, 0.15) is 72.0 Å². The molecular formula is C19H31NO2. The van der Waals surface area contributed by atoms with Crippen molar-refractivity contribution in [2.24, 2.45) is 0 Å². The highest BCUT2D eigenvalue weighted by Crippen LogP contribution is 2.38. The van der Waals surface area contributed by atoms with Crippen molar-refractivity contribution >= 4 is 0 Å². The van der Waals surface area contributed by atoms with Gasteiger partial charge in [0, 0.05) is 11.1 Å². The molecule has 1 aromatic carbocycles. The number of aliphatic hydroxyl groups is 1. The predicted molar refractivity (Wildman–Crippen MR) is 90.4 cm³/mol. The van der Waals surface area contributed by atoms with Gasteiger partial charge in [-0.2, -0.15) is 5.06 Å². The summed E-state index contributed by atoms with van der Waals surface area (Å²) in [4.78, 5) is 6.41. The van der Waals surface area contributed by atoms with E-state index in [0.717, 1.165) is 25.7 Å². The van der Waals surface area contributed by atoms with E-state index in [1.54, 1.807) is 0 Å². The van der Waals surface area contributed by atoms with Gasteiger partial charge in [0.05, 0.1) is 6.10 Å². The zero-order valence-electron chi connectivity index (χ0n) is 14.7. The molecule has 0 saturated carbocycles. The van der Waals surface area contributed by atoms with Gasteiger partial charge in [-0.1, -0.05) is 30.3 Å². The highest BCUT2D eigenvalue weighted by atomic mass is 16.7. The second-order valence-electron chi connectivity index (χ2n) is 7.83. The van der Waals surface area contributed by atoms with E-state index in [9.17, 15) is 5.11 Å². The minimum Gasteiger partial charge on any atom is -0.393 e. The fraction of sp³-hybridized carbons (Fsp3) is 0.684. The molecule has 1 N–H and O–H groups in total. The monoisotopic (exact) mass is 305 g/mol. The third-order valence-corrected chi connectivity index (χ3v) is 4.69. The summed E-state index contributed by atoms with van der Waals surface area (Å²) in [6.45, 7) is 10.9. The molecule has 1 aromatic rings. The SMILES string of the molecule is CC(ON1C(C)(C)CCCC(O)CC1(C)C)c1ccccc1. The first-order chi connectivity index (χ1) is 10.2. The molecular weight excluding hydrogens is 274 g/mol. The van der Waals surface area contributed by atoms with Gasteiger partial charge >= 0.3 is 0 Å². The van der Waals surface area contributed by atoms with Gasteiger partial charge in [0.1, 0.15) is 6.10 Å². The van der Waals surface area contributed by atoms with Crippen LogP contribution in [0.4, 0.5) is 0 Å². The average Bonchev–Trinajstić information content (AvgIpc) is 2.43. The van der Waals surface area contributed by atoms with E-state index in [-0.39, 0.29) is 23.3 Å². The first-order valence-corrected chi connectivity index (χ1v) is 8.42. The van der Waals surface area contributed by atoms with Crippen molar-refractivity contribution in [1.82, 2.24) is 5.06 Å². The molecule has 124 valence electrons. The molecule has 0 aliphatic carbocycles. The number of hydrogen-bond donors (Lipinski definition) is 1. The van der Waals surface area contributed by atoms with Crippen molar-refractivity contribution in [2.45, 2.75) is 83.6 Å². The number of rotatable bonds is 3. The number of hydroxylamine groups is 2. The lowest BCUT2D eigenvalue weighted by Gasteiger charge is -2.50. The van der Waals surface area contributed by atoms with E-state index in [1.165, 1.54) is 5.56 Å². The normalized spacial score (nSPS) is 26.9. The van der Waals surface area contributed by atoms with Crippen LogP contribution in [0, 0.1) is 0 Å².